The van der Waals surface area contributed by atoms with Crippen molar-refractivity contribution in [2.45, 2.75) is 6.43 Å². The Hall–Kier alpha value is -1.40. The minimum absolute atomic E-state index is 0.0470. The lowest BCUT2D eigenvalue weighted by atomic mass is 10.1. The summed E-state index contributed by atoms with van der Waals surface area (Å²) in [4.78, 5) is 12.8. The number of aliphatic hydroxyl groups is 1. The Morgan fingerprint density at radius 3 is 2.72 bits per heavy atom. The maximum Gasteiger partial charge on any atom is 0.255 e. The fourth-order valence-electron chi connectivity index (χ4n) is 1.44. The van der Waals surface area contributed by atoms with Gasteiger partial charge >= 0.3 is 0 Å². The number of anilines is 1. The lowest BCUT2D eigenvalue weighted by molar-refractivity contribution is 0.0509. The third-order valence-corrected chi connectivity index (χ3v) is 2.57. The molecule has 0 saturated carbocycles. The largest absolute Gasteiger partial charge is 0.399 e. The quantitative estimate of drug-likeness (QED) is 0.805. The van der Waals surface area contributed by atoms with Crippen molar-refractivity contribution in [2.24, 2.45) is 0 Å². The molecule has 1 aromatic carbocycles. The Kier molecular flexibility index (Phi) is 5.30. The second kappa shape index (κ2) is 6.51. The predicted molar refractivity (Wildman–Crippen MR) is 64.9 cm³/mol. The molecule has 1 aromatic rings. The lowest BCUT2D eigenvalue weighted by Gasteiger charge is -2.21. The number of nitrogen functional groups attached to an aromatic ring is 1. The molecule has 1 amide bonds. The van der Waals surface area contributed by atoms with Crippen LogP contribution >= 0.6 is 11.6 Å². The number of amides is 1. The second-order valence-electron chi connectivity index (χ2n) is 3.61. The zero-order valence-corrected chi connectivity index (χ0v) is 10.2. The molecule has 7 heteroatoms. The molecule has 0 atom stereocenters. The van der Waals surface area contributed by atoms with Crippen molar-refractivity contribution in [1.82, 2.24) is 4.90 Å². The van der Waals surface area contributed by atoms with E-state index in [4.69, 9.17) is 22.4 Å². The second-order valence-corrected chi connectivity index (χ2v) is 4.01. The lowest BCUT2D eigenvalue weighted by Crippen LogP contribution is -2.37. The number of hydrogen-bond donors (Lipinski definition) is 2. The zero-order valence-electron chi connectivity index (χ0n) is 9.44. The van der Waals surface area contributed by atoms with E-state index in [1.54, 1.807) is 0 Å². The molecule has 0 fully saturated rings. The SMILES string of the molecule is Nc1ccc(Cl)c(C(=O)N(CCO)CC(F)F)c1. The maximum absolute atomic E-state index is 12.3. The highest BCUT2D eigenvalue weighted by molar-refractivity contribution is 6.34. The van der Waals surface area contributed by atoms with Gasteiger partial charge in [0.2, 0.25) is 0 Å². The molecule has 0 saturated heterocycles. The number of carbonyl (C=O) groups is 1. The van der Waals surface area contributed by atoms with Crippen molar-refractivity contribution in [3.63, 3.8) is 0 Å². The Bertz CT molecular complexity index is 430. The maximum atomic E-state index is 12.3. The monoisotopic (exact) mass is 278 g/mol. The first-order chi connectivity index (χ1) is 8.45. The molecule has 100 valence electrons. The van der Waals surface area contributed by atoms with E-state index in [-0.39, 0.29) is 17.1 Å². The molecule has 1 rings (SSSR count). The number of hydrogen-bond acceptors (Lipinski definition) is 3. The van der Waals surface area contributed by atoms with Crippen LogP contribution in [0.4, 0.5) is 14.5 Å². The van der Waals surface area contributed by atoms with E-state index in [0.717, 1.165) is 4.90 Å². The van der Waals surface area contributed by atoms with Gasteiger partial charge in [0.15, 0.2) is 0 Å². The van der Waals surface area contributed by atoms with Crippen molar-refractivity contribution in [3.05, 3.63) is 28.8 Å². The van der Waals surface area contributed by atoms with Crippen LogP contribution in [0.1, 0.15) is 10.4 Å². The highest BCUT2D eigenvalue weighted by Crippen LogP contribution is 2.21. The number of alkyl halides is 2. The van der Waals surface area contributed by atoms with Crippen LogP contribution in [0.15, 0.2) is 18.2 Å². The molecule has 0 spiro atoms. The van der Waals surface area contributed by atoms with E-state index in [2.05, 4.69) is 0 Å². The van der Waals surface area contributed by atoms with E-state index < -0.39 is 25.5 Å². The highest BCUT2D eigenvalue weighted by atomic mass is 35.5. The summed E-state index contributed by atoms with van der Waals surface area (Å²) in [6.07, 6.45) is -2.68. The number of benzene rings is 1. The molecule has 0 aliphatic rings. The fraction of sp³-hybridized carbons (Fsp3) is 0.364. The number of aliphatic hydroxyl groups excluding tert-OH is 1. The summed E-state index contributed by atoms with van der Waals surface area (Å²) < 4.78 is 24.7. The zero-order chi connectivity index (χ0) is 13.7. The minimum atomic E-state index is -2.68. The third-order valence-electron chi connectivity index (χ3n) is 2.24. The first-order valence-electron chi connectivity index (χ1n) is 5.19. The van der Waals surface area contributed by atoms with Gasteiger partial charge in [-0.05, 0) is 18.2 Å². The molecule has 0 aliphatic heterocycles. The number of carbonyl (C=O) groups excluding carboxylic acids is 1. The average Bonchev–Trinajstić information content (AvgIpc) is 2.30. The fourth-order valence-corrected chi connectivity index (χ4v) is 1.64. The van der Waals surface area contributed by atoms with Crippen molar-refractivity contribution >= 4 is 23.2 Å². The summed E-state index contributed by atoms with van der Waals surface area (Å²) in [5.74, 6) is -0.679. The van der Waals surface area contributed by atoms with Crippen LogP contribution in [-0.2, 0) is 0 Å². The van der Waals surface area contributed by atoms with Crippen LogP contribution < -0.4 is 5.73 Å². The van der Waals surface area contributed by atoms with E-state index in [1.165, 1.54) is 18.2 Å². The van der Waals surface area contributed by atoms with Gasteiger partial charge in [0.25, 0.3) is 12.3 Å². The molecule has 18 heavy (non-hydrogen) atoms. The molecule has 0 radical (unpaired) electrons. The topological polar surface area (TPSA) is 66.6 Å². The van der Waals surface area contributed by atoms with Crippen LogP contribution in [0, 0.1) is 0 Å². The van der Waals surface area contributed by atoms with E-state index >= 15 is 0 Å². The molecule has 3 N–H and O–H groups in total. The van der Waals surface area contributed by atoms with Gasteiger partial charge in [-0.1, -0.05) is 11.6 Å². The third kappa shape index (κ3) is 3.82. The Balaban J connectivity index is 2.97. The van der Waals surface area contributed by atoms with E-state index in [9.17, 15) is 13.6 Å². The molecule has 0 heterocycles. The van der Waals surface area contributed by atoms with E-state index in [1.807, 2.05) is 0 Å². The summed E-state index contributed by atoms with van der Waals surface area (Å²) >= 11 is 5.82. The normalized spacial score (nSPS) is 10.7. The van der Waals surface area contributed by atoms with Gasteiger partial charge in [-0.25, -0.2) is 8.78 Å². The summed E-state index contributed by atoms with van der Waals surface area (Å²) in [5, 5.41) is 8.90. The van der Waals surface area contributed by atoms with Crippen molar-refractivity contribution < 1.29 is 18.7 Å². The van der Waals surface area contributed by atoms with Gasteiger partial charge in [0.1, 0.15) is 0 Å². The minimum Gasteiger partial charge on any atom is -0.399 e. The molecule has 0 unspecified atom stereocenters. The Morgan fingerprint density at radius 2 is 2.17 bits per heavy atom. The number of halogens is 3. The summed E-state index contributed by atoms with van der Waals surface area (Å²) in [5.41, 5.74) is 5.87. The first-order valence-corrected chi connectivity index (χ1v) is 5.56. The Labute approximate surface area is 108 Å². The molecular formula is C11H13ClF2N2O2. The standard InChI is InChI=1S/C11H13ClF2N2O2/c12-9-2-1-7(15)5-8(9)11(18)16(3-4-17)6-10(13)14/h1-2,5,10,17H,3-4,6,15H2. The van der Waals surface area contributed by atoms with Gasteiger partial charge in [-0.2, -0.15) is 0 Å². The smallest absolute Gasteiger partial charge is 0.255 e. The molecule has 0 aromatic heterocycles. The average molecular weight is 279 g/mol. The van der Waals surface area contributed by atoms with Gasteiger partial charge in [0.05, 0.1) is 23.7 Å². The number of nitrogens with two attached hydrogens (primary N) is 1. The van der Waals surface area contributed by atoms with Crippen molar-refractivity contribution in [3.8, 4) is 0 Å². The molecular weight excluding hydrogens is 266 g/mol. The van der Waals surface area contributed by atoms with Crippen molar-refractivity contribution in [2.75, 3.05) is 25.4 Å². The number of rotatable bonds is 5. The van der Waals surface area contributed by atoms with Crippen LogP contribution in [0.5, 0.6) is 0 Å². The first kappa shape index (κ1) is 14.7. The Morgan fingerprint density at radius 1 is 1.50 bits per heavy atom. The van der Waals surface area contributed by atoms with Crippen LogP contribution in [0.25, 0.3) is 0 Å². The van der Waals surface area contributed by atoms with Crippen molar-refractivity contribution in [1.29, 1.82) is 0 Å². The van der Waals surface area contributed by atoms with E-state index in [0.29, 0.717) is 5.69 Å². The van der Waals surface area contributed by atoms with Crippen LogP contribution in [0.2, 0.25) is 5.02 Å². The van der Waals surface area contributed by atoms with Crippen LogP contribution in [0.3, 0.4) is 0 Å². The number of nitrogens with zero attached hydrogens (tertiary/aromatic N) is 1. The summed E-state index contributed by atoms with van der Waals surface area (Å²) in [6.45, 7) is -1.35. The predicted octanol–water partition coefficient (Wildman–Crippen LogP) is 1.62. The molecule has 4 nitrogen and oxygen atoms in total. The highest BCUT2D eigenvalue weighted by Gasteiger charge is 2.21. The van der Waals surface area contributed by atoms with Gasteiger partial charge in [-0.3, -0.25) is 4.79 Å². The molecule has 0 bridgehead atoms. The summed E-state index contributed by atoms with van der Waals surface area (Å²) in [6, 6.07) is 4.24. The van der Waals surface area contributed by atoms with Crippen LogP contribution in [-0.4, -0.2) is 42.0 Å². The van der Waals surface area contributed by atoms with Gasteiger partial charge in [0, 0.05) is 12.2 Å². The van der Waals surface area contributed by atoms with Gasteiger partial charge in [-0.15, -0.1) is 0 Å². The molecule has 0 aliphatic carbocycles. The summed E-state index contributed by atoms with van der Waals surface area (Å²) in [7, 11) is 0. The van der Waals surface area contributed by atoms with Gasteiger partial charge < -0.3 is 15.7 Å².